The molecule has 2 aromatic heterocycles. The predicted molar refractivity (Wildman–Crippen MR) is 86.7 cm³/mol. The Morgan fingerprint density at radius 1 is 1.30 bits per heavy atom. The molecule has 0 aliphatic rings. The highest BCUT2D eigenvalue weighted by Crippen LogP contribution is 2.24. The van der Waals surface area contributed by atoms with Crippen LogP contribution in [0, 0.1) is 13.8 Å². The SMILES string of the molecule is CCCNc1nc(C)nc(N(C)Cc2cccs2)c1C. The number of hydrogen-bond acceptors (Lipinski definition) is 5. The lowest BCUT2D eigenvalue weighted by molar-refractivity contribution is 0.875. The highest BCUT2D eigenvalue weighted by molar-refractivity contribution is 7.09. The van der Waals surface area contributed by atoms with E-state index in [-0.39, 0.29) is 0 Å². The van der Waals surface area contributed by atoms with Gasteiger partial charge in [-0.2, -0.15) is 0 Å². The molecule has 0 unspecified atom stereocenters. The Balaban J connectivity index is 2.23. The van der Waals surface area contributed by atoms with E-state index < -0.39 is 0 Å². The average molecular weight is 290 g/mol. The molecule has 0 amide bonds. The van der Waals surface area contributed by atoms with Crippen LogP contribution < -0.4 is 10.2 Å². The second-order valence-electron chi connectivity index (χ2n) is 4.93. The van der Waals surface area contributed by atoms with E-state index >= 15 is 0 Å². The molecule has 0 aromatic carbocycles. The summed E-state index contributed by atoms with van der Waals surface area (Å²) in [7, 11) is 2.08. The summed E-state index contributed by atoms with van der Waals surface area (Å²) < 4.78 is 0. The number of rotatable bonds is 6. The van der Waals surface area contributed by atoms with Crippen molar-refractivity contribution in [1.82, 2.24) is 9.97 Å². The third-order valence-electron chi connectivity index (χ3n) is 3.11. The van der Waals surface area contributed by atoms with Gasteiger partial charge < -0.3 is 10.2 Å². The fourth-order valence-corrected chi connectivity index (χ4v) is 2.87. The van der Waals surface area contributed by atoms with Gasteiger partial charge in [0.1, 0.15) is 17.5 Å². The van der Waals surface area contributed by atoms with Gasteiger partial charge in [-0.1, -0.05) is 13.0 Å². The lowest BCUT2D eigenvalue weighted by Gasteiger charge is -2.21. The van der Waals surface area contributed by atoms with Crippen molar-refractivity contribution >= 4 is 23.0 Å². The summed E-state index contributed by atoms with van der Waals surface area (Å²) in [6.45, 7) is 7.99. The number of aromatic nitrogens is 2. The van der Waals surface area contributed by atoms with Crippen molar-refractivity contribution in [3.8, 4) is 0 Å². The second-order valence-corrected chi connectivity index (χ2v) is 5.96. The fourth-order valence-electron chi connectivity index (χ4n) is 2.11. The first-order valence-corrected chi connectivity index (χ1v) is 7.82. The highest BCUT2D eigenvalue weighted by atomic mass is 32.1. The third-order valence-corrected chi connectivity index (χ3v) is 3.97. The minimum Gasteiger partial charge on any atom is -0.370 e. The van der Waals surface area contributed by atoms with Crippen LogP contribution in [-0.2, 0) is 6.54 Å². The van der Waals surface area contributed by atoms with Gasteiger partial charge in [0.2, 0.25) is 0 Å². The van der Waals surface area contributed by atoms with Crippen LogP contribution in [0.1, 0.15) is 29.6 Å². The van der Waals surface area contributed by atoms with Crippen LogP contribution in [0.5, 0.6) is 0 Å². The van der Waals surface area contributed by atoms with Gasteiger partial charge in [0, 0.05) is 24.0 Å². The van der Waals surface area contributed by atoms with Gasteiger partial charge in [-0.3, -0.25) is 0 Å². The fraction of sp³-hybridized carbons (Fsp3) is 0.467. The summed E-state index contributed by atoms with van der Waals surface area (Å²) in [4.78, 5) is 12.6. The van der Waals surface area contributed by atoms with E-state index in [1.807, 2.05) is 6.92 Å². The molecule has 0 atom stereocenters. The normalized spacial score (nSPS) is 10.6. The average Bonchev–Trinajstić information content (AvgIpc) is 2.92. The van der Waals surface area contributed by atoms with Gasteiger partial charge >= 0.3 is 0 Å². The van der Waals surface area contributed by atoms with Gasteiger partial charge in [0.05, 0.1) is 6.54 Å². The molecular weight excluding hydrogens is 268 g/mol. The Bertz CT molecular complexity index is 551. The summed E-state index contributed by atoms with van der Waals surface area (Å²) in [5.41, 5.74) is 1.11. The maximum atomic E-state index is 4.60. The van der Waals surface area contributed by atoms with Gasteiger partial charge in [-0.05, 0) is 31.7 Å². The molecule has 2 rings (SSSR count). The van der Waals surface area contributed by atoms with Crippen molar-refractivity contribution in [2.75, 3.05) is 23.8 Å². The molecule has 4 nitrogen and oxygen atoms in total. The first-order valence-electron chi connectivity index (χ1n) is 6.94. The summed E-state index contributed by atoms with van der Waals surface area (Å²) in [5, 5.41) is 5.49. The van der Waals surface area contributed by atoms with Crippen molar-refractivity contribution in [1.29, 1.82) is 0 Å². The molecule has 0 fully saturated rings. The van der Waals surface area contributed by atoms with Crippen LogP contribution >= 0.6 is 11.3 Å². The molecule has 1 N–H and O–H groups in total. The molecule has 0 bridgehead atoms. The van der Waals surface area contributed by atoms with Crippen molar-refractivity contribution in [2.24, 2.45) is 0 Å². The predicted octanol–water partition coefficient (Wildman–Crippen LogP) is 3.61. The molecular formula is C15H22N4S. The largest absolute Gasteiger partial charge is 0.370 e. The zero-order chi connectivity index (χ0) is 14.5. The molecule has 2 heterocycles. The summed E-state index contributed by atoms with van der Waals surface area (Å²) >= 11 is 1.77. The maximum Gasteiger partial charge on any atom is 0.137 e. The molecule has 0 aliphatic heterocycles. The van der Waals surface area contributed by atoms with Gasteiger partial charge in [0.15, 0.2) is 0 Å². The van der Waals surface area contributed by atoms with E-state index in [1.54, 1.807) is 11.3 Å². The Morgan fingerprint density at radius 3 is 2.75 bits per heavy atom. The quantitative estimate of drug-likeness (QED) is 0.882. The lowest BCUT2D eigenvalue weighted by atomic mass is 10.2. The van der Waals surface area contributed by atoms with E-state index in [0.717, 1.165) is 42.5 Å². The van der Waals surface area contributed by atoms with Crippen LogP contribution in [0.2, 0.25) is 0 Å². The van der Waals surface area contributed by atoms with E-state index in [9.17, 15) is 0 Å². The Kier molecular flexibility index (Phi) is 4.95. The molecule has 5 heteroatoms. The first kappa shape index (κ1) is 14.8. The zero-order valence-electron chi connectivity index (χ0n) is 12.6. The first-order chi connectivity index (χ1) is 9.61. The van der Waals surface area contributed by atoms with E-state index in [4.69, 9.17) is 0 Å². The number of anilines is 2. The Morgan fingerprint density at radius 2 is 2.10 bits per heavy atom. The molecule has 20 heavy (non-hydrogen) atoms. The molecule has 108 valence electrons. The van der Waals surface area contributed by atoms with Crippen LogP contribution in [0.4, 0.5) is 11.6 Å². The third kappa shape index (κ3) is 3.48. The summed E-state index contributed by atoms with van der Waals surface area (Å²) in [6, 6.07) is 4.24. The molecule has 0 saturated carbocycles. The van der Waals surface area contributed by atoms with E-state index in [0.29, 0.717) is 0 Å². The van der Waals surface area contributed by atoms with Crippen molar-refractivity contribution < 1.29 is 0 Å². The number of thiophene rings is 1. The van der Waals surface area contributed by atoms with E-state index in [1.165, 1.54) is 4.88 Å². The standard InChI is InChI=1S/C15H22N4S/c1-5-8-16-14-11(2)15(18-12(3)17-14)19(4)10-13-7-6-9-20-13/h6-7,9H,5,8,10H2,1-4H3,(H,16,17,18). The maximum absolute atomic E-state index is 4.60. The van der Waals surface area contributed by atoms with Crippen LogP contribution in [0.15, 0.2) is 17.5 Å². The van der Waals surface area contributed by atoms with E-state index in [2.05, 4.69) is 58.6 Å². The molecule has 0 radical (unpaired) electrons. The monoisotopic (exact) mass is 290 g/mol. The van der Waals surface area contributed by atoms with Gasteiger partial charge in [-0.15, -0.1) is 11.3 Å². The van der Waals surface area contributed by atoms with Gasteiger partial charge in [-0.25, -0.2) is 9.97 Å². The highest BCUT2D eigenvalue weighted by Gasteiger charge is 2.13. The molecule has 2 aromatic rings. The van der Waals surface area contributed by atoms with Crippen LogP contribution in [0.25, 0.3) is 0 Å². The Hall–Kier alpha value is -1.62. The second kappa shape index (κ2) is 6.70. The lowest BCUT2D eigenvalue weighted by Crippen LogP contribution is -2.20. The van der Waals surface area contributed by atoms with Crippen molar-refractivity contribution in [2.45, 2.75) is 33.7 Å². The Labute approximate surface area is 124 Å². The van der Waals surface area contributed by atoms with Crippen molar-refractivity contribution in [3.05, 3.63) is 33.8 Å². The molecule has 0 saturated heterocycles. The van der Waals surface area contributed by atoms with Crippen LogP contribution in [0.3, 0.4) is 0 Å². The minimum atomic E-state index is 0.808. The topological polar surface area (TPSA) is 41.1 Å². The van der Waals surface area contributed by atoms with Crippen molar-refractivity contribution in [3.63, 3.8) is 0 Å². The number of nitrogens with one attached hydrogen (secondary N) is 1. The van der Waals surface area contributed by atoms with Gasteiger partial charge in [0.25, 0.3) is 0 Å². The van der Waals surface area contributed by atoms with Crippen LogP contribution in [-0.4, -0.2) is 23.6 Å². The molecule has 0 aliphatic carbocycles. The molecule has 0 spiro atoms. The summed E-state index contributed by atoms with van der Waals surface area (Å²) in [6.07, 6.45) is 1.09. The number of hydrogen-bond donors (Lipinski definition) is 1. The zero-order valence-corrected chi connectivity index (χ0v) is 13.4. The number of nitrogens with zero attached hydrogens (tertiary/aromatic N) is 3. The minimum absolute atomic E-state index is 0.808. The smallest absolute Gasteiger partial charge is 0.137 e. The number of aryl methyl sites for hydroxylation is 1. The summed E-state index contributed by atoms with van der Waals surface area (Å²) in [5.74, 6) is 2.76.